The summed E-state index contributed by atoms with van der Waals surface area (Å²) in [5.41, 5.74) is 0. The molecule has 1 aliphatic rings. The van der Waals surface area contributed by atoms with Gasteiger partial charge < -0.3 is 29.3 Å². The van der Waals surface area contributed by atoms with Crippen LogP contribution < -0.4 is 9.47 Å². The maximum absolute atomic E-state index is 9.10. The second kappa shape index (κ2) is 14.1. The summed E-state index contributed by atoms with van der Waals surface area (Å²) in [5, 5.41) is 14.8. The first-order valence-corrected chi connectivity index (χ1v) is 11.1. The lowest BCUT2D eigenvalue weighted by atomic mass is 9.92. The highest BCUT2D eigenvalue weighted by atomic mass is 16.5. The molecule has 2 aromatic carbocycles. The SMILES string of the molecule is CC1CC(C)CN(CCOCCOc2cccc(Oc3ccccc3)c2)C1.O=C(O)C(=O)O. The topological polar surface area (TPSA) is 106 Å². The number of rotatable bonds is 9. The van der Waals surface area contributed by atoms with Crippen molar-refractivity contribution in [1.29, 1.82) is 0 Å². The number of benzene rings is 2. The van der Waals surface area contributed by atoms with Crippen LogP contribution in [0.3, 0.4) is 0 Å². The fourth-order valence-electron chi connectivity index (χ4n) is 3.74. The molecule has 8 heteroatoms. The number of nitrogens with zero attached hydrogens (tertiary/aromatic N) is 1. The molecule has 1 aliphatic heterocycles. The zero-order valence-electron chi connectivity index (χ0n) is 19.2. The number of hydrogen-bond acceptors (Lipinski definition) is 6. The molecule has 0 aromatic heterocycles. The maximum Gasteiger partial charge on any atom is 0.414 e. The molecule has 0 amide bonds. The van der Waals surface area contributed by atoms with Crippen molar-refractivity contribution in [2.75, 3.05) is 39.5 Å². The zero-order valence-corrected chi connectivity index (χ0v) is 19.2. The number of hydrogen-bond donors (Lipinski definition) is 2. The third-order valence-corrected chi connectivity index (χ3v) is 4.96. The van der Waals surface area contributed by atoms with Gasteiger partial charge in [-0.15, -0.1) is 0 Å². The third kappa shape index (κ3) is 10.9. The van der Waals surface area contributed by atoms with E-state index >= 15 is 0 Å². The standard InChI is InChI=1S/C23H31NO3.C2H2O4/c1-19-15-20(2)18-24(17-19)11-12-25-13-14-26-22-9-6-10-23(16-22)27-21-7-4-3-5-8-21;3-1(4)2(5)6/h3-10,16,19-20H,11-15,17-18H2,1-2H3;(H,3,4)(H,5,6). The van der Waals surface area contributed by atoms with Crippen LogP contribution in [0.5, 0.6) is 17.2 Å². The van der Waals surface area contributed by atoms with Gasteiger partial charge in [-0.05, 0) is 42.5 Å². The van der Waals surface area contributed by atoms with Gasteiger partial charge in [-0.3, -0.25) is 0 Å². The first kappa shape index (κ1) is 26.2. The van der Waals surface area contributed by atoms with E-state index in [2.05, 4.69) is 18.7 Å². The Morgan fingerprint density at radius 3 is 2.09 bits per heavy atom. The van der Waals surface area contributed by atoms with Crippen molar-refractivity contribution in [2.45, 2.75) is 20.3 Å². The molecule has 1 saturated heterocycles. The Balaban J connectivity index is 0.000000569. The molecule has 3 rings (SSSR count). The predicted octanol–water partition coefficient (Wildman–Crippen LogP) is 4.01. The van der Waals surface area contributed by atoms with Gasteiger partial charge in [0.25, 0.3) is 0 Å². The van der Waals surface area contributed by atoms with Crippen molar-refractivity contribution in [1.82, 2.24) is 4.90 Å². The van der Waals surface area contributed by atoms with Crippen molar-refractivity contribution >= 4 is 11.9 Å². The number of para-hydroxylation sites is 1. The minimum atomic E-state index is -1.82. The third-order valence-electron chi connectivity index (χ3n) is 4.96. The number of carboxylic acids is 2. The smallest absolute Gasteiger partial charge is 0.414 e. The quantitative estimate of drug-likeness (QED) is 0.428. The Morgan fingerprint density at radius 1 is 0.848 bits per heavy atom. The maximum atomic E-state index is 9.10. The number of aliphatic carboxylic acids is 2. The van der Waals surface area contributed by atoms with Crippen LogP contribution in [-0.4, -0.2) is 66.5 Å². The summed E-state index contributed by atoms with van der Waals surface area (Å²) < 4.78 is 17.4. The molecule has 0 radical (unpaired) electrons. The second-order valence-corrected chi connectivity index (χ2v) is 8.17. The largest absolute Gasteiger partial charge is 0.491 e. The van der Waals surface area contributed by atoms with Gasteiger partial charge in [0, 0.05) is 25.7 Å². The Morgan fingerprint density at radius 2 is 1.45 bits per heavy atom. The summed E-state index contributed by atoms with van der Waals surface area (Å²) in [6.07, 6.45) is 1.35. The highest BCUT2D eigenvalue weighted by molar-refractivity contribution is 6.27. The Hall–Kier alpha value is -3.10. The Kier molecular flexibility index (Phi) is 11.2. The van der Waals surface area contributed by atoms with E-state index in [4.69, 9.17) is 34.0 Å². The minimum absolute atomic E-state index is 0.543. The number of carbonyl (C=O) groups is 2. The number of piperidine rings is 1. The molecule has 1 fully saturated rings. The van der Waals surface area contributed by atoms with Crippen LogP contribution >= 0.6 is 0 Å². The normalized spacial score (nSPS) is 18.0. The molecule has 33 heavy (non-hydrogen) atoms. The molecule has 2 N–H and O–H groups in total. The monoisotopic (exact) mass is 459 g/mol. The molecular formula is C25H33NO7. The van der Waals surface area contributed by atoms with Crippen LogP contribution in [0.15, 0.2) is 54.6 Å². The van der Waals surface area contributed by atoms with Gasteiger partial charge in [0.15, 0.2) is 0 Å². The Labute approximate surface area is 194 Å². The highest BCUT2D eigenvalue weighted by Crippen LogP contribution is 2.25. The first-order valence-electron chi connectivity index (χ1n) is 11.1. The van der Waals surface area contributed by atoms with Gasteiger partial charge in [0.2, 0.25) is 0 Å². The minimum Gasteiger partial charge on any atom is -0.491 e. The fraction of sp³-hybridized carbons (Fsp3) is 0.440. The fourth-order valence-corrected chi connectivity index (χ4v) is 3.74. The molecule has 1 heterocycles. The van der Waals surface area contributed by atoms with E-state index < -0.39 is 11.9 Å². The van der Waals surface area contributed by atoms with Gasteiger partial charge in [-0.2, -0.15) is 0 Å². The van der Waals surface area contributed by atoms with Crippen molar-refractivity contribution in [3.63, 3.8) is 0 Å². The summed E-state index contributed by atoms with van der Waals surface area (Å²) in [6, 6.07) is 17.5. The molecule has 0 saturated carbocycles. The van der Waals surface area contributed by atoms with E-state index in [0.29, 0.717) is 13.2 Å². The molecular weight excluding hydrogens is 426 g/mol. The van der Waals surface area contributed by atoms with Gasteiger partial charge in [0.1, 0.15) is 23.9 Å². The summed E-state index contributed by atoms with van der Waals surface area (Å²) in [6.45, 7) is 9.98. The van der Waals surface area contributed by atoms with Gasteiger partial charge >= 0.3 is 11.9 Å². The summed E-state index contributed by atoms with van der Waals surface area (Å²) in [5.74, 6) is 0.327. The highest BCUT2D eigenvalue weighted by Gasteiger charge is 2.21. The molecule has 2 unspecified atom stereocenters. The lowest BCUT2D eigenvalue weighted by Crippen LogP contribution is -2.40. The van der Waals surface area contributed by atoms with Gasteiger partial charge in [-0.25, -0.2) is 9.59 Å². The van der Waals surface area contributed by atoms with Crippen LogP contribution in [-0.2, 0) is 14.3 Å². The average molecular weight is 460 g/mol. The molecule has 2 atom stereocenters. The number of likely N-dealkylation sites (tertiary alicyclic amines) is 1. The summed E-state index contributed by atoms with van der Waals surface area (Å²) in [4.78, 5) is 20.7. The van der Waals surface area contributed by atoms with Crippen molar-refractivity contribution in [3.05, 3.63) is 54.6 Å². The van der Waals surface area contributed by atoms with Crippen LogP contribution in [0.2, 0.25) is 0 Å². The lowest BCUT2D eigenvalue weighted by molar-refractivity contribution is -0.159. The summed E-state index contributed by atoms with van der Waals surface area (Å²) >= 11 is 0. The molecule has 8 nitrogen and oxygen atoms in total. The van der Waals surface area contributed by atoms with E-state index in [1.54, 1.807) is 0 Å². The zero-order chi connectivity index (χ0) is 24.1. The van der Waals surface area contributed by atoms with Gasteiger partial charge in [-0.1, -0.05) is 38.1 Å². The van der Waals surface area contributed by atoms with Crippen LogP contribution in [0.1, 0.15) is 20.3 Å². The van der Waals surface area contributed by atoms with Crippen LogP contribution in [0, 0.1) is 11.8 Å². The number of carboxylic acid groups (broad SMARTS) is 2. The van der Waals surface area contributed by atoms with E-state index in [9.17, 15) is 0 Å². The lowest BCUT2D eigenvalue weighted by Gasteiger charge is -2.34. The van der Waals surface area contributed by atoms with Crippen molar-refractivity contribution < 1.29 is 34.0 Å². The van der Waals surface area contributed by atoms with E-state index in [-0.39, 0.29) is 0 Å². The average Bonchev–Trinajstić information content (AvgIpc) is 2.77. The van der Waals surface area contributed by atoms with Crippen molar-refractivity contribution in [3.8, 4) is 17.2 Å². The van der Waals surface area contributed by atoms with Crippen LogP contribution in [0.4, 0.5) is 0 Å². The second-order valence-electron chi connectivity index (χ2n) is 8.17. The van der Waals surface area contributed by atoms with E-state index in [0.717, 1.165) is 42.2 Å². The summed E-state index contributed by atoms with van der Waals surface area (Å²) in [7, 11) is 0. The molecule has 0 bridgehead atoms. The molecule has 0 aliphatic carbocycles. The molecule has 180 valence electrons. The van der Waals surface area contributed by atoms with Crippen molar-refractivity contribution in [2.24, 2.45) is 11.8 Å². The Bertz CT molecular complexity index is 837. The molecule has 0 spiro atoms. The van der Waals surface area contributed by atoms with E-state index in [1.807, 2.05) is 54.6 Å². The predicted molar refractivity (Wildman–Crippen MR) is 124 cm³/mol. The molecule has 2 aromatic rings. The number of ether oxygens (including phenoxy) is 3. The first-order chi connectivity index (χ1) is 15.8. The van der Waals surface area contributed by atoms with E-state index in [1.165, 1.54) is 19.5 Å². The van der Waals surface area contributed by atoms with Crippen LogP contribution in [0.25, 0.3) is 0 Å². The van der Waals surface area contributed by atoms with Gasteiger partial charge in [0.05, 0.1) is 13.2 Å².